The number of carbonyl (C=O) groups is 1. The van der Waals surface area contributed by atoms with Gasteiger partial charge in [0.1, 0.15) is 25.8 Å². The monoisotopic (exact) mass is 427 g/mol. The number of ether oxygens (including phenoxy) is 1. The van der Waals surface area contributed by atoms with Gasteiger partial charge in [-0.15, -0.1) is 0 Å². The zero-order chi connectivity index (χ0) is 22.9. The Hall–Kier alpha value is -2.37. The highest BCUT2D eigenvalue weighted by atomic mass is 16.5. The van der Waals surface area contributed by atoms with Crippen molar-refractivity contribution in [3.63, 3.8) is 0 Å². The number of quaternary nitrogens is 1. The van der Waals surface area contributed by atoms with E-state index < -0.39 is 6.10 Å². The molecule has 1 aromatic heterocycles. The van der Waals surface area contributed by atoms with Crippen LogP contribution in [-0.4, -0.2) is 41.4 Å². The highest BCUT2D eigenvalue weighted by Crippen LogP contribution is 2.22. The second kappa shape index (κ2) is 11.9. The van der Waals surface area contributed by atoms with Crippen LogP contribution in [0.15, 0.2) is 55.3 Å². The van der Waals surface area contributed by atoms with Crippen molar-refractivity contribution < 1.29 is 19.5 Å². The number of esters is 1. The molecule has 0 aliphatic heterocycles. The summed E-state index contributed by atoms with van der Waals surface area (Å²) in [5.74, 6) is -0.252. The zero-order valence-corrected chi connectivity index (χ0v) is 19.6. The highest BCUT2D eigenvalue weighted by Gasteiger charge is 2.18. The molecule has 0 aliphatic rings. The highest BCUT2D eigenvalue weighted by molar-refractivity contribution is 5.69. The maximum Gasteiger partial charge on any atom is 0.305 e. The fraction of sp³-hybridized carbons (Fsp3) is 0.500. The van der Waals surface area contributed by atoms with Crippen LogP contribution in [0, 0.1) is 0 Å². The molecular weight excluding hydrogens is 388 g/mol. The number of aliphatic hydroxyl groups is 1. The molecule has 5 heteroatoms. The number of nitrogens with one attached hydrogen (secondary N) is 1. The summed E-state index contributed by atoms with van der Waals surface area (Å²) in [4.78, 5) is 12.7. The van der Waals surface area contributed by atoms with E-state index in [0.717, 1.165) is 26.1 Å². The summed E-state index contributed by atoms with van der Waals surface area (Å²) in [5, 5.41) is 10.3. The Morgan fingerprint density at radius 2 is 1.97 bits per heavy atom. The molecule has 5 nitrogen and oxygen atoms in total. The van der Waals surface area contributed by atoms with Gasteiger partial charge in [0, 0.05) is 19.2 Å². The van der Waals surface area contributed by atoms with Gasteiger partial charge in [-0.25, -0.2) is 0 Å². The molecule has 0 radical (unpaired) electrons. The standard InChI is InChI=1S/C26H38N2O3/c1-6-9-25(30)31-20-24(29)19-27(15-7-2)18-23-10-8-16-28(23)17-21-11-13-22(14-12-21)26(3,4)5/h7-8,10-14,16,24,29H,2,6,9,15,17-20H2,1,3-5H3/p+1/t24-/m0/s1. The van der Waals surface area contributed by atoms with Crippen LogP contribution in [0.5, 0.6) is 0 Å². The maximum atomic E-state index is 11.5. The van der Waals surface area contributed by atoms with E-state index in [1.807, 2.05) is 13.0 Å². The van der Waals surface area contributed by atoms with Gasteiger partial charge in [-0.2, -0.15) is 0 Å². The molecule has 0 saturated carbocycles. The SMILES string of the molecule is C=CC[NH+](Cc1cccn1Cc1ccc(C(C)(C)C)cc1)C[C@H](O)COC(=O)CCC. The predicted octanol–water partition coefficient (Wildman–Crippen LogP) is 3.11. The third-order valence-electron chi connectivity index (χ3n) is 5.38. The van der Waals surface area contributed by atoms with Crippen molar-refractivity contribution in [3.05, 3.63) is 72.1 Å². The lowest BCUT2D eigenvalue weighted by Gasteiger charge is -2.22. The summed E-state index contributed by atoms with van der Waals surface area (Å²) in [6.07, 6.45) is 4.41. The smallest absolute Gasteiger partial charge is 0.305 e. The third-order valence-corrected chi connectivity index (χ3v) is 5.38. The Labute approximate surface area is 187 Å². The van der Waals surface area contributed by atoms with Gasteiger partial charge in [0.05, 0.1) is 12.2 Å². The van der Waals surface area contributed by atoms with E-state index in [1.165, 1.54) is 21.7 Å². The molecule has 2 N–H and O–H groups in total. The Morgan fingerprint density at radius 3 is 2.58 bits per heavy atom. The van der Waals surface area contributed by atoms with E-state index in [0.29, 0.717) is 13.0 Å². The Kier molecular flexibility index (Phi) is 9.53. The van der Waals surface area contributed by atoms with Crippen LogP contribution in [0.2, 0.25) is 0 Å². The first-order valence-electron chi connectivity index (χ1n) is 11.2. The number of hydrogen-bond acceptors (Lipinski definition) is 3. The van der Waals surface area contributed by atoms with Crippen molar-refractivity contribution in [1.82, 2.24) is 4.57 Å². The molecular formula is C26H39N2O3+. The maximum absolute atomic E-state index is 11.5. The second-order valence-electron chi connectivity index (χ2n) is 9.28. The molecule has 1 unspecified atom stereocenters. The van der Waals surface area contributed by atoms with E-state index in [-0.39, 0.29) is 18.0 Å². The Bertz CT molecular complexity index is 818. The van der Waals surface area contributed by atoms with Crippen LogP contribution in [-0.2, 0) is 28.0 Å². The Balaban J connectivity index is 1.98. The summed E-state index contributed by atoms with van der Waals surface area (Å²) in [7, 11) is 0. The lowest BCUT2D eigenvalue weighted by Crippen LogP contribution is -3.11. The van der Waals surface area contributed by atoms with E-state index in [4.69, 9.17) is 4.74 Å². The molecule has 0 spiro atoms. The molecule has 0 bridgehead atoms. The van der Waals surface area contributed by atoms with Gasteiger partial charge >= 0.3 is 5.97 Å². The number of aromatic nitrogens is 1. The van der Waals surface area contributed by atoms with E-state index >= 15 is 0 Å². The summed E-state index contributed by atoms with van der Waals surface area (Å²) in [6.45, 7) is 15.3. The molecule has 170 valence electrons. The van der Waals surface area contributed by atoms with Crippen molar-refractivity contribution in [2.24, 2.45) is 0 Å². The zero-order valence-electron chi connectivity index (χ0n) is 19.6. The van der Waals surface area contributed by atoms with Crippen molar-refractivity contribution in [3.8, 4) is 0 Å². The lowest BCUT2D eigenvalue weighted by molar-refractivity contribution is -0.911. The van der Waals surface area contributed by atoms with Crippen LogP contribution in [0.3, 0.4) is 0 Å². The van der Waals surface area contributed by atoms with Gasteiger partial charge < -0.3 is 19.3 Å². The van der Waals surface area contributed by atoms with Crippen molar-refractivity contribution in [1.29, 1.82) is 0 Å². The molecule has 1 aromatic carbocycles. The molecule has 0 saturated heterocycles. The minimum Gasteiger partial charge on any atom is -0.463 e. The third kappa shape index (κ3) is 8.35. The molecule has 1 heterocycles. The fourth-order valence-corrected chi connectivity index (χ4v) is 3.62. The average molecular weight is 428 g/mol. The molecule has 2 aromatic rings. The van der Waals surface area contributed by atoms with Crippen molar-refractivity contribution >= 4 is 5.97 Å². The van der Waals surface area contributed by atoms with Crippen molar-refractivity contribution in [2.75, 3.05) is 19.7 Å². The molecule has 2 rings (SSSR count). The number of carbonyl (C=O) groups excluding carboxylic acids is 1. The van der Waals surface area contributed by atoms with Gasteiger partial charge in [0.2, 0.25) is 0 Å². The van der Waals surface area contributed by atoms with Gasteiger partial charge in [0.25, 0.3) is 0 Å². The minimum absolute atomic E-state index is 0.0423. The summed E-state index contributed by atoms with van der Waals surface area (Å²) >= 11 is 0. The lowest BCUT2D eigenvalue weighted by atomic mass is 9.87. The Morgan fingerprint density at radius 1 is 1.26 bits per heavy atom. The number of rotatable bonds is 12. The molecule has 2 atom stereocenters. The largest absolute Gasteiger partial charge is 0.463 e. The normalized spacial score (nSPS) is 13.6. The fourth-order valence-electron chi connectivity index (χ4n) is 3.62. The first-order chi connectivity index (χ1) is 14.7. The average Bonchev–Trinajstić information content (AvgIpc) is 3.13. The number of aliphatic hydroxyl groups excluding tert-OH is 1. The minimum atomic E-state index is -0.691. The summed E-state index contributed by atoms with van der Waals surface area (Å²) < 4.78 is 7.41. The van der Waals surface area contributed by atoms with E-state index in [9.17, 15) is 9.90 Å². The number of nitrogens with zero attached hydrogens (tertiary/aromatic N) is 1. The van der Waals surface area contributed by atoms with Crippen LogP contribution < -0.4 is 4.90 Å². The molecule has 0 fully saturated rings. The van der Waals surface area contributed by atoms with Crippen LogP contribution in [0.4, 0.5) is 0 Å². The molecule has 31 heavy (non-hydrogen) atoms. The van der Waals surface area contributed by atoms with E-state index in [2.05, 4.69) is 74.5 Å². The van der Waals surface area contributed by atoms with Gasteiger partial charge in [-0.3, -0.25) is 4.79 Å². The van der Waals surface area contributed by atoms with Gasteiger partial charge in [-0.05, 0) is 41.2 Å². The summed E-state index contributed by atoms with van der Waals surface area (Å²) in [6, 6.07) is 13.0. The van der Waals surface area contributed by atoms with Gasteiger partial charge in [0.15, 0.2) is 0 Å². The molecule has 0 aliphatic carbocycles. The second-order valence-corrected chi connectivity index (χ2v) is 9.28. The number of benzene rings is 1. The number of hydrogen-bond donors (Lipinski definition) is 2. The van der Waals surface area contributed by atoms with Crippen LogP contribution in [0.1, 0.15) is 57.4 Å². The van der Waals surface area contributed by atoms with Gasteiger partial charge in [-0.1, -0.05) is 58.5 Å². The predicted molar refractivity (Wildman–Crippen MR) is 125 cm³/mol. The first kappa shape index (κ1) is 24.9. The molecule has 0 amide bonds. The van der Waals surface area contributed by atoms with E-state index in [1.54, 1.807) is 0 Å². The van der Waals surface area contributed by atoms with Crippen LogP contribution >= 0.6 is 0 Å². The summed E-state index contributed by atoms with van der Waals surface area (Å²) in [5.41, 5.74) is 3.95. The topological polar surface area (TPSA) is 55.9 Å². The quantitative estimate of drug-likeness (QED) is 0.404. The van der Waals surface area contributed by atoms with Crippen LogP contribution in [0.25, 0.3) is 0 Å². The first-order valence-corrected chi connectivity index (χ1v) is 11.2. The van der Waals surface area contributed by atoms with Crippen molar-refractivity contribution in [2.45, 2.75) is 65.1 Å².